The van der Waals surface area contributed by atoms with Crippen LogP contribution in [0.5, 0.6) is 0 Å². The van der Waals surface area contributed by atoms with Gasteiger partial charge in [-0.3, -0.25) is 4.79 Å². The first-order valence-corrected chi connectivity index (χ1v) is 7.50. The molecule has 0 atom stereocenters. The molecule has 0 spiro atoms. The molecule has 0 bridgehead atoms. The maximum atomic E-state index is 12.6. The Morgan fingerprint density at radius 3 is 2.74 bits per heavy atom. The van der Waals surface area contributed by atoms with Crippen molar-refractivity contribution in [1.29, 1.82) is 0 Å². The second-order valence-corrected chi connectivity index (χ2v) is 5.86. The summed E-state index contributed by atoms with van der Waals surface area (Å²) < 4.78 is 0. The number of amides is 1. The Balaban J connectivity index is 1.88. The van der Waals surface area contributed by atoms with Crippen LogP contribution in [0.25, 0.3) is 0 Å². The summed E-state index contributed by atoms with van der Waals surface area (Å²) in [7, 11) is 3.94. The number of carbonyl (C=O) groups is 1. The number of fused-ring (bicyclic) bond motifs is 1. The van der Waals surface area contributed by atoms with Gasteiger partial charge in [-0.15, -0.1) is 0 Å². The number of nitrogens with zero attached hydrogens (tertiary/aromatic N) is 5. The number of hydrogen-bond donors (Lipinski definition) is 1. The summed E-state index contributed by atoms with van der Waals surface area (Å²) in [5.41, 5.74) is 8.16. The predicted molar refractivity (Wildman–Crippen MR) is 88.2 cm³/mol. The zero-order chi connectivity index (χ0) is 16.6. The highest BCUT2D eigenvalue weighted by Gasteiger charge is 2.26. The molecular formula is C16H20N6O. The van der Waals surface area contributed by atoms with Crippen molar-refractivity contribution in [2.45, 2.75) is 19.9 Å². The zero-order valence-electron chi connectivity index (χ0n) is 13.6. The molecule has 23 heavy (non-hydrogen) atoms. The SMILES string of the molecule is Cc1nc2c(c(N(C)C)n1)CCN(C(=O)c1ccc(N)nc1)C2. The van der Waals surface area contributed by atoms with E-state index in [1.807, 2.05) is 25.9 Å². The first kappa shape index (κ1) is 15.2. The van der Waals surface area contributed by atoms with E-state index in [1.165, 1.54) is 6.20 Å². The lowest BCUT2D eigenvalue weighted by Gasteiger charge is -2.30. The normalized spacial score (nSPS) is 13.6. The van der Waals surface area contributed by atoms with Gasteiger partial charge >= 0.3 is 0 Å². The van der Waals surface area contributed by atoms with Crippen LogP contribution in [0.15, 0.2) is 18.3 Å². The Labute approximate surface area is 135 Å². The van der Waals surface area contributed by atoms with Crippen LogP contribution in [0, 0.1) is 6.92 Å². The number of rotatable bonds is 2. The molecule has 3 heterocycles. The molecule has 0 radical (unpaired) electrons. The van der Waals surface area contributed by atoms with Gasteiger partial charge in [0.05, 0.1) is 17.8 Å². The Hall–Kier alpha value is -2.70. The maximum Gasteiger partial charge on any atom is 0.255 e. The summed E-state index contributed by atoms with van der Waals surface area (Å²) in [6, 6.07) is 3.35. The molecule has 2 aromatic rings. The van der Waals surface area contributed by atoms with Crippen LogP contribution in [-0.2, 0) is 13.0 Å². The first-order valence-electron chi connectivity index (χ1n) is 7.50. The molecule has 0 fully saturated rings. The van der Waals surface area contributed by atoms with Crippen LogP contribution in [0.1, 0.15) is 27.4 Å². The second kappa shape index (κ2) is 5.83. The number of hydrogen-bond acceptors (Lipinski definition) is 6. The minimum absolute atomic E-state index is 0.0502. The molecule has 0 saturated heterocycles. The van der Waals surface area contributed by atoms with Gasteiger partial charge in [-0.1, -0.05) is 0 Å². The summed E-state index contributed by atoms with van der Waals surface area (Å²) in [6.45, 7) is 3.00. The van der Waals surface area contributed by atoms with Gasteiger partial charge in [0.2, 0.25) is 0 Å². The average molecular weight is 312 g/mol. The molecule has 0 saturated carbocycles. The Kier molecular flexibility index (Phi) is 3.85. The van der Waals surface area contributed by atoms with E-state index < -0.39 is 0 Å². The minimum atomic E-state index is -0.0502. The van der Waals surface area contributed by atoms with E-state index in [4.69, 9.17) is 5.73 Å². The third-order valence-electron chi connectivity index (χ3n) is 3.90. The quantitative estimate of drug-likeness (QED) is 0.891. The van der Waals surface area contributed by atoms with E-state index in [-0.39, 0.29) is 5.91 Å². The molecule has 7 heteroatoms. The fourth-order valence-electron chi connectivity index (χ4n) is 2.79. The molecule has 3 rings (SSSR count). The van der Waals surface area contributed by atoms with Crippen molar-refractivity contribution in [1.82, 2.24) is 19.9 Å². The van der Waals surface area contributed by atoms with Gasteiger partial charge in [0, 0.05) is 32.4 Å². The monoisotopic (exact) mass is 312 g/mol. The number of anilines is 2. The van der Waals surface area contributed by atoms with Gasteiger partial charge < -0.3 is 15.5 Å². The van der Waals surface area contributed by atoms with Gasteiger partial charge in [0.25, 0.3) is 5.91 Å². The summed E-state index contributed by atoms with van der Waals surface area (Å²) in [5.74, 6) is 2.01. The van der Waals surface area contributed by atoms with Crippen LogP contribution in [-0.4, -0.2) is 46.4 Å². The van der Waals surface area contributed by atoms with Crippen LogP contribution >= 0.6 is 0 Å². The van der Waals surface area contributed by atoms with Gasteiger partial charge in [0.15, 0.2) is 0 Å². The summed E-state index contributed by atoms with van der Waals surface area (Å²) in [5, 5.41) is 0. The van der Waals surface area contributed by atoms with Crippen LogP contribution in [0.2, 0.25) is 0 Å². The van der Waals surface area contributed by atoms with E-state index in [9.17, 15) is 4.79 Å². The highest BCUT2D eigenvalue weighted by molar-refractivity contribution is 5.94. The Morgan fingerprint density at radius 2 is 2.09 bits per heavy atom. The average Bonchev–Trinajstić information content (AvgIpc) is 2.53. The highest BCUT2D eigenvalue weighted by atomic mass is 16.2. The Morgan fingerprint density at radius 1 is 1.30 bits per heavy atom. The van der Waals surface area contributed by atoms with E-state index in [1.54, 1.807) is 17.0 Å². The standard InChI is InChI=1S/C16H20N6O/c1-10-19-13-9-22(7-6-12(13)15(20-10)21(2)3)16(23)11-4-5-14(17)18-8-11/h4-5,8H,6-7,9H2,1-3H3,(H2,17,18). The zero-order valence-corrected chi connectivity index (χ0v) is 13.6. The number of aryl methyl sites for hydroxylation is 1. The Bertz CT molecular complexity index is 741. The fraction of sp³-hybridized carbons (Fsp3) is 0.375. The highest BCUT2D eigenvalue weighted by Crippen LogP contribution is 2.26. The molecule has 0 aromatic carbocycles. The lowest BCUT2D eigenvalue weighted by molar-refractivity contribution is 0.0731. The van der Waals surface area contributed by atoms with Crippen LogP contribution in [0.4, 0.5) is 11.6 Å². The lowest BCUT2D eigenvalue weighted by atomic mass is 10.0. The molecule has 0 unspecified atom stereocenters. The molecule has 120 valence electrons. The molecular weight excluding hydrogens is 292 g/mol. The molecule has 1 aliphatic heterocycles. The van der Waals surface area contributed by atoms with E-state index >= 15 is 0 Å². The fourth-order valence-corrected chi connectivity index (χ4v) is 2.79. The van der Waals surface area contributed by atoms with Crippen molar-refractivity contribution in [3.8, 4) is 0 Å². The van der Waals surface area contributed by atoms with Crippen LogP contribution in [0.3, 0.4) is 0 Å². The van der Waals surface area contributed by atoms with Gasteiger partial charge in [-0.25, -0.2) is 15.0 Å². The van der Waals surface area contributed by atoms with Crippen molar-refractivity contribution in [2.75, 3.05) is 31.3 Å². The van der Waals surface area contributed by atoms with E-state index in [2.05, 4.69) is 15.0 Å². The second-order valence-electron chi connectivity index (χ2n) is 5.86. The van der Waals surface area contributed by atoms with Crippen LogP contribution < -0.4 is 10.6 Å². The molecule has 1 amide bonds. The predicted octanol–water partition coefficient (Wildman–Crippen LogP) is 1.03. The third-order valence-corrected chi connectivity index (χ3v) is 3.90. The van der Waals surface area contributed by atoms with Crippen molar-refractivity contribution in [3.05, 3.63) is 41.0 Å². The molecule has 2 N–H and O–H groups in total. The number of pyridine rings is 1. The number of nitrogen functional groups attached to an aromatic ring is 1. The number of nitrogens with two attached hydrogens (primary N) is 1. The summed E-state index contributed by atoms with van der Waals surface area (Å²) >= 11 is 0. The van der Waals surface area contributed by atoms with Gasteiger partial charge in [0.1, 0.15) is 17.5 Å². The molecule has 0 aliphatic carbocycles. The van der Waals surface area contributed by atoms with Gasteiger partial charge in [-0.2, -0.15) is 0 Å². The third kappa shape index (κ3) is 2.94. The summed E-state index contributed by atoms with van der Waals surface area (Å²) in [6.07, 6.45) is 2.26. The summed E-state index contributed by atoms with van der Waals surface area (Å²) in [4.78, 5) is 29.4. The maximum absolute atomic E-state index is 12.6. The van der Waals surface area contributed by atoms with Crippen molar-refractivity contribution < 1.29 is 4.79 Å². The minimum Gasteiger partial charge on any atom is -0.384 e. The van der Waals surface area contributed by atoms with E-state index in [0.29, 0.717) is 24.5 Å². The molecule has 1 aliphatic rings. The van der Waals surface area contributed by atoms with Gasteiger partial charge in [-0.05, 0) is 25.5 Å². The topological polar surface area (TPSA) is 88.2 Å². The number of carbonyl (C=O) groups excluding carboxylic acids is 1. The van der Waals surface area contributed by atoms with Crippen molar-refractivity contribution >= 4 is 17.5 Å². The smallest absolute Gasteiger partial charge is 0.255 e. The molecule has 7 nitrogen and oxygen atoms in total. The lowest BCUT2D eigenvalue weighted by Crippen LogP contribution is -2.37. The van der Waals surface area contributed by atoms with Crippen molar-refractivity contribution in [2.24, 2.45) is 0 Å². The van der Waals surface area contributed by atoms with Crippen molar-refractivity contribution in [3.63, 3.8) is 0 Å². The molecule has 2 aromatic heterocycles. The van der Waals surface area contributed by atoms with E-state index in [0.717, 1.165) is 29.3 Å². The number of aromatic nitrogens is 3. The largest absolute Gasteiger partial charge is 0.384 e. The first-order chi connectivity index (χ1) is 11.0.